The summed E-state index contributed by atoms with van der Waals surface area (Å²) >= 11 is 1.41. The van der Waals surface area contributed by atoms with Crippen molar-refractivity contribution in [1.82, 2.24) is 4.57 Å². The number of aldehydes is 1. The van der Waals surface area contributed by atoms with Gasteiger partial charge in [0.1, 0.15) is 5.82 Å². The van der Waals surface area contributed by atoms with Crippen LogP contribution in [0.15, 0.2) is 22.0 Å². The van der Waals surface area contributed by atoms with Crippen molar-refractivity contribution in [3.8, 4) is 0 Å². The van der Waals surface area contributed by atoms with Gasteiger partial charge in [-0.1, -0.05) is 0 Å². The second-order valence-corrected chi connectivity index (χ2v) is 5.81. The van der Waals surface area contributed by atoms with E-state index >= 15 is 0 Å². The van der Waals surface area contributed by atoms with E-state index in [1.54, 1.807) is 4.57 Å². The number of nitrogens with zero attached hydrogens (tertiary/aromatic N) is 1. The second-order valence-electron chi connectivity index (χ2n) is 4.08. The van der Waals surface area contributed by atoms with Gasteiger partial charge in [-0.3, -0.25) is 9.59 Å². The number of carbonyl (C=O) groups excluding carboxylic acids is 1. The largest absolute Gasteiger partial charge is 0.345 e. The highest BCUT2D eigenvalue weighted by Crippen LogP contribution is 2.33. The molecule has 0 fully saturated rings. The lowest BCUT2D eigenvalue weighted by molar-refractivity contribution is 0.112. The van der Waals surface area contributed by atoms with E-state index in [1.165, 1.54) is 24.0 Å². The summed E-state index contributed by atoms with van der Waals surface area (Å²) in [5.74, 6) is 0.429. The molecule has 0 spiro atoms. The number of pyridine rings is 1. The van der Waals surface area contributed by atoms with Crippen molar-refractivity contribution in [2.45, 2.75) is 11.4 Å². The van der Waals surface area contributed by atoms with E-state index in [9.17, 15) is 14.0 Å². The Labute approximate surface area is 109 Å². The van der Waals surface area contributed by atoms with E-state index in [4.69, 9.17) is 0 Å². The predicted octanol–water partition coefficient (Wildman–Crippen LogP) is 1.56. The van der Waals surface area contributed by atoms with Crippen LogP contribution in [-0.2, 0) is 6.54 Å². The lowest BCUT2D eigenvalue weighted by atomic mass is 10.1. The number of carbonyl (C=O) groups is 1. The first kappa shape index (κ1) is 11.9. The van der Waals surface area contributed by atoms with Crippen LogP contribution in [0.1, 0.15) is 10.4 Å². The van der Waals surface area contributed by atoms with Gasteiger partial charge in [-0.25, -0.2) is 4.39 Å². The number of benzene rings is 1. The van der Waals surface area contributed by atoms with Gasteiger partial charge >= 0.3 is 0 Å². The van der Waals surface area contributed by atoms with Crippen molar-refractivity contribution in [2.24, 2.45) is 0 Å². The molecule has 0 aliphatic carbocycles. The molecule has 0 bridgehead atoms. The smallest absolute Gasteiger partial charge is 0.199 e. The molecule has 1 unspecified atom stereocenters. The number of rotatable bonds is 1. The monoisotopic (exact) mass is 281 g/mol. The van der Waals surface area contributed by atoms with Gasteiger partial charge in [-0.05, 0) is 6.07 Å². The number of halogens is 1. The maximum absolute atomic E-state index is 14.0. The van der Waals surface area contributed by atoms with Crippen LogP contribution in [0.3, 0.4) is 0 Å². The third-order valence-electron chi connectivity index (χ3n) is 3.02. The Morgan fingerprint density at radius 3 is 3.00 bits per heavy atom. The van der Waals surface area contributed by atoms with Gasteiger partial charge in [0.2, 0.25) is 0 Å². The topological polar surface area (TPSA) is 39.1 Å². The standard InChI is InChI=1S/C12H9FNO2PS/c13-9-8(17)3-7-10-12(9)18-2-1-14(10)4-6(5-15)11(7)16/h3-5H,1-2,17H2. The minimum Gasteiger partial charge on any atom is -0.345 e. The molecule has 3 nitrogen and oxygen atoms in total. The Morgan fingerprint density at radius 2 is 2.28 bits per heavy atom. The van der Waals surface area contributed by atoms with Crippen LogP contribution in [0.25, 0.3) is 10.9 Å². The van der Waals surface area contributed by atoms with Crippen LogP contribution >= 0.6 is 21.0 Å². The molecule has 3 rings (SSSR count). The van der Waals surface area contributed by atoms with Gasteiger partial charge in [-0.15, -0.1) is 21.0 Å². The zero-order valence-electron chi connectivity index (χ0n) is 9.27. The summed E-state index contributed by atoms with van der Waals surface area (Å²) in [5, 5.41) is 0.770. The maximum atomic E-state index is 14.0. The van der Waals surface area contributed by atoms with Crippen LogP contribution in [-0.4, -0.2) is 16.6 Å². The highest BCUT2D eigenvalue weighted by molar-refractivity contribution is 7.99. The first-order chi connectivity index (χ1) is 8.63. The molecule has 0 N–H and O–H groups in total. The molecule has 0 saturated heterocycles. The molecule has 1 atom stereocenters. The zero-order chi connectivity index (χ0) is 12.9. The summed E-state index contributed by atoms with van der Waals surface area (Å²) in [4.78, 5) is 23.5. The van der Waals surface area contributed by atoms with E-state index in [0.717, 1.165) is 5.75 Å². The quantitative estimate of drug-likeness (QED) is 0.588. The Kier molecular flexibility index (Phi) is 2.76. The van der Waals surface area contributed by atoms with Gasteiger partial charge in [0, 0.05) is 29.2 Å². The first-order valence-electron chi connectivity index (χ1n) is 5.36. The molecule has 1 aliphatic heterocycles. The van der Waals surface area contributed by atoms with E-state index in [0.29, 0.717) is 33.9 Å². The Bertz CT molecular complexity index is 741. The Morgan fingerprint density at radius 1 is 1.50 bits per heavy atom. The molecule has 92 valence electrons. The van der Waals surface area contributed by atoms with Gasteiger partial charge in [0.15, 0.2) is 11.7 Å². The summed E-state index contributed by atoms with van der Waals surface area (Å²) in [5.41, 5.74) is 0.394. The second kappa shape index (κ2) is 4.18. The van der Waals surface area contributed by atoms with Crippen molar-refractivity contribution in [3.63, 3.8) is 0 Å². The molecule has 1 aromatic carbocycles. The zero-order valence-corrected chi connectivity index (χ0v) is 11.2. The maximum Gasteiger partial charge on any atom is 0.199 e. The molecule has 2 heterocycles. The van der Waals surface area contributed by atoms with E-state index in [-0.39, 0.29) is 16.8 Å². The lowest BCUT2D eigenvalue weighted by Gasteiger charge is -2.21. The minimum atomic E-state index is -0.330. The van der Waals surface area contributed by atoms with Crippen LogP contribution in [0.4, 0.5) is 4.39 Å². The lowest BCUT2D eigenvalue weighted by Crippen LogP contribution is -2.21. The number of aromatic nitrogens is 1. The van der Waals surface area contributed by atoms with Crippen LogP contribution in [0.5, 0.6) is 0 Å². The predicted molar refractivity (Wildman–Crippen MR) is 73.6 cm³/mol. The minimum absolute atomic E-state index is 0.122. The van der Waals surface area contributed by atoms with Gasteiger partial charge in [-0.2, -0.15) is 0 Å². The summed E-state index contributed by atoms with van der Waals surface area (Å²) in [6.07, 6.45) is 2.07. The van der Waals surface area contributed by atoms with Crippen molar-refractivity contribution >= 4 is 43.5 Å². The SMILES string of the molecule is O=Cc1cn2c3c(c(F)c(P)cc3c1=O)SCC2. The highest BCUT2D eigenvalue weighted by atomic mass is 32.2. The molecule has 1 aromatic heterocycles. The third kappa shape index (κ3) is 1.54. The van der Waals surface area contributed by atoms with E-state index in [2.05, 4.69) is 9.24 Å². The summed E-state index contributed by atoms with van der Waals surface area (Å²) < 4.78 is 15.8. The van der Waals surface area contributed by atoms with Crippen molar-refractivity contribution in [2.75, 3.05) is 5.75 Å². The molecule has 1 aliphatic rings. The summed E-state index contributed by atoms with van der Waals surface area (Å²) in [6, 6.07) is 1.50. The average Bonchev–Trinajstić information content (AvgIpc) is 2.38. The van der Waals surface area contributed by atoms with Gasteiger partial charge in [0.05, 0.1) is 16.0 Å². The normalized spacial score (nSPS) is 13.9. The molecular weight excluding hydrogens is 272 g/mol. The van der Waals surface area contributed by atoms with E-state index < -0.39 is 0 Å². The molecule has 0 radical (unpaired) electrons. The van der Waals surface area contributed by atoms with Crippen molar-refractivity contribution in [1.29, 1.82) is 0 Å². The van der Waals surface area contributed by atoms with Gasteiger partial charge in [0.25, 0.3) is 0 Å². The first-order valence-corrected chi connectivity index (χ1v) is 6.93. The summed E-state index contributed by atoms with van der Waals surface area (Å²) in [7, 11) is 2.29. The van der Waals surface area contributed by atoms with Crippen LogP contribution < -0.4 is 10.7 Å². The highest BCUT2D eigenvalue weighted by Gasteiger charge is 2.21. The molecule has 18 heavy (non-hydrogen) atoms. The van der Waals surface area contributed by atoms with E-state index in [1.807, 2.05) is 0 Å². The average molecular weight is 281 g/mol. The third-order valence-corrected chi connectivity index (χ3v) is 4.49. The fourth-order valence-corrected chi connectivity index (χ4v) is 3.70. The number of hydrogen-bond donors (Lipinski definition) is 0. The molecule has 6 heteroatoms. The number of aryl methyl sites for hydroxylation is 1. The van der Waals surface area contributed by atoms with Crippen molar-refractivity contribution < 1.29 is 9.18 Å². The van der Waals surface area contributed by atoms with Crippen LogP contribution in [0, 0.1) is 5.82 Å². The summed E-state index contributed by atoms with van der Waals surface area (Å²) in [6.45, 7) is 0.672. The Hall–Kier alpha value is -1.19. The fourth-order valence-electron chi connectivity index (χ4n) is 2.19. The fraction of sp³-hybridized carbons (Fsp3) is 0.167. The van der Waals surface area contributed by atoms with Gasteiger partial charge < -0.3 is 4.57 Å². The Balaban J connectivity index is 2.58. The number of thioether (sulfide) groups is 1. The molecule has 0 amide bonds. The van der Waals surface area contributed by atoms with Crippen LogP contribution in [0.2, 0.25) is 0 Å². The molecule has 2 aromatic rings. The number of hydrogen-bond acceptors (Lipinski definition) is 3. The molecular formula is C12H9FNO2PS. The van der Waals surface area contributed by atoms with Crippen molar-refractivity contribution in [3.05, 3.63) is 33.9 Å². The molecule has 0 saturated carbocycles.